The second kappa shape index (κ2) is 3.01. The highest BCUT2D eigenvalue weighted by Crippen LogP contribution is 2.09. The molecule has 2 rings (SSSR count). The third-order valence-electron chi connectivity index (χ3n) is 2.03. The maximum absolute atomic E-state index is 5.51. The highest BCUT2D eigenvalue weighted by Gasteiger charge is 2.11. The van der Waals surface area contributed by atoms with Crippen LogP contribution in [0, 0.1) is 0 Å². The van der Waals surface area contributed by atoms with Crippen LogP contribution in [0.3, 0.4) is 0 Å². The molecule has 2 N–H and O–H groups in total. The van der Waals surface area contributed by atoms with Gasteiger partial charge in [0.05, 0.1) is 23.9 Å². The molecular weight excluding hydrogens is 166 g/mol. The number of hydrogen-bond acceptors (Lipinski definition) is 4. The summed E-state index contributed by atoms with van der Waals surface area (Å²) in [4.78, 5) is 4.02. The summed E-state index contributed by atoms with van der Waals surface area (Å²) in [6.45, 7) is 0. The monoisotopic (exact) mass is 177 g/mol. The minimum Gasteiger partial charge on any atom is -0.386 e. The van der Waals surface area contributed by atoms with Gasteiger partial charge in [-0.2, -0.15) is 5.10 Å². The topological polar surface area (TPSA) is 68.6 Å². The SMILES string of the molecule is Cn1cncc1C1=NN=C(N)CC1. The van der Waals surface area contributed by atoms with Gasteiger partial charge in [0, 0.05) is 19.9 Å². The van der Waals surface area contributed by atoms with Crippen molar-refractivity contribution in [1.82, 2.24) is 9.55 Å². The third-order valence-corrected chi connectivity index (χ3v) is 2.03. The molecule has 1 aromatic heterocycles. The predicted octanol–water partition coefficient (Wildman–Crippen LogP) is 0.275. The maximum Gasteiger partial charge on any atom is 0.122 e. The van der Waals surface area contributed by atoms with Gasteiger partial charge in [-0.05, 0) is 0 Å². The molecular formula is C8H11N5. The second-order valence-corrected chi connectivity index (χ2v) is 3.03. The van der Waals surface area contributed by atoms with E-state index in [1.54, 1.807) is 12.5 Å². The van der Waals surface area contributed by atoms with E-state index >= 15 is 0 Å². The predicted molar refractivity (Wildman–Crippen MR) is 50.6 cm³/mol. The lowest BCUT2D eigenvalue weighted by atomic mass is 10.1. The van der Waals surface area contributed by atoms with Gasteiger partial charge in [0.25, 0.3) is 0 Å². The molecule has 5 nitrogen and oxygen atoms in total. The fraction of sp³-hybridized carbons (Fsp3) is 0.375. The summed E-state index contributed by atoms with van der Waals surface area (Å²) < 4.78 is 1.93. The second-order valence-electron chi connectivity index (χ2n) is 3.03. The zero-order chi connectivity index (χ0) is 9.26. The molecule has 68 valence electrons. The lowest BCUT2D eigenvalue weighted by Crippen LogP contribution is -2.18. The molecule has 0 unspecified atom stereocenters. The number of amidine groups is 1. The molecule has 0 spiro atoms. The average Bonchev–Trinajstić information content (AvgIpc) is 2.53. The Morgan fingerprint density at radius 2 is 2.23 bits per heavy atom. The summed E-state index contributed by atoms with van der Waals surface area (Å²) in [5.41, 5.74) is 7.47. The van der Waals surface area contributed by atoms with Crippen LogP contribution in [-0.4, -0.2) is 21.1 Å². The average molecular weight is 177 g/mol. The molecule has 1 aromatic rings. The molecule has 2 heterocycles. The van der Waals surface area contributed by atoms with Crippen LogP contribution in [0.15, 0.2) is 22.7 Å². The first-order chi connectivity index (χ1) is 6.27. The zero-order valence-corrected chi connectivity index (χ0v) is 7.44. The van der Waals surface area contributed by atoms with Gasteiger partial charge in [-0.25, -0.2) is 4.98 Å². The fourth-order valence-electron chi connectivity index (χ4n) is 1.29. The molecule has 0 bridgehead atoms. The van der Waals surface area contributed by atoms with Gasteiger partial charge in [0.15, 0.2) is 0 Å². The van der Waals surface area contributed by atoms with E-state index in [4.69, 9.17) is 5.73 Å². The van der Waals surface area contributed by atoms with Crippen molar-refractivity contribution in [3.05, 3.63) is 18.2 Å². The lowest BCUT2D eigenvalue weighted by Gasteiger charge is -2.08. The number of aromatic nitrogens is 2. The molecule has 0 aliphatic carbocycles. The molecule has 0 amide bonds. The molecule has 1 aliphatic rings. The van der Waals surface area contributed by atoms with Gasteiger partial charge in [-0.1, -0.05) is 0 Å². The van der Waals surface area contributed by atoms with Gasteiger partial charge in [0.1, 0.15) is 5.84 Å². The summed E-state index contributed by atoms with van der Waals surface area (Å²) in [5.74, 6) is 0.603. The van der Waals surface area contributed by atoms with Crippen LogP contribution in [0.2, 0.25) is 0 Å². The molecule has 0 radical (unpaired) electrons. The molecule has 13 heavy (non-hydrogen) atoms. The number of nitrogens with two attached hydrogens (primary N) is 1. The van der Waals surface area contributed by atoms with Crippen molar-refractivity contribution >= 4 is 11.5 Å². The first-order valence-electron chi connectivity index (χ1n) is 4.13. The van der Waals surface area contributed by atoms with E-state index in [0.717, 1.165) is 24.2 Å². The van der Waals surface area contributed by atoms with E-state index in [1.807, 2.05) is 11.6 Å². The smallest absolute Gasteiger partial charge is 0.122 e. The van der Waals surface area contributed by atoms with E-state index in [1.165, 1.54) is 0 Å². The van der Waals surface area contributed by atoms with Crippen molar-refractivity contribution in [3.8, 4) is 0 Å². The van der Waals surface area contributed by atoms with Gasteiger partial charge < -0.3 is 10.3 Å². The van der Waals surface area contributed by atoms with Gasteiger partial charge in [-0.15, -0.1) is 5.10 Å². The number of imidazole rings is 1. The summed E-state index contributed by atoms with van der Waals surface area (Å²) in [7, 11) is 1.94. The van der Waals surface area contributed by atoms with Crippen molar-refractivity contribution in [2.45, 2.75) is 12.8 Å². The van der Waals surface area contributed by atoms with Gasteiger partial charge >= 0.3 is 0 Å². The van der Waals surface area contributed by atoms with E-state index in [2.05, 4.69) is 15.2 Å². The van der Waals surface area contributed by atoms with Crippen LogP contribution in [0.1, 0.15) is 18.5 Å². The molecule has 0 atom stereocenters. The molecule has 0 fully saturated rings. The molecule has 0 saturated carbocycles. The third kappa shape index (κ3) is 1.44. The van der Waals surface area contributed by atoms with E-state index < -0.39 is 0 Å². The van der Waals surface area contributed by atoms with Gasteiger partial charge in [-0.3, -0.25) is 0 Å². The first kappa shape index (κ1) is 7.97. The Hall–Kier alpha value is -1.65. The summed E-state index contributed by atoms with van der Waals surface area (Å²) in [5, 5.41) is 7.88. The van der Waals surface area contributed by atoms with Crippen LogP contribution >= 0.6 is 0 Å². The molecule has 5 heteroatoms. The normalized spacial score (nSPS) is 16.7. The Balaban J connectivity index is 2.33. The number of nitrogens with zero attached hydrogens (tertiary/aromatic N) is 4. The highest BCUT2D eigenvalue weighted by atomic mass is 15.2. The Bertz CT molecular complexity index is 374. The van der Waals surface area contributed by atoms with Crippen LogP contribution in [0.5, 0.6) is 0 Å². The summed E-state index contributed by atoms with van der Waals surface area (Å²) in [6.07, 6.45) is 5.16. The molecule has 0 aromatic carbocycles. The minimum atomic E-state index is 0.603. The Labute approximate surface area is 76.0 Å². The molecule has 1 aliphatic heterocycles. The Kier molecular flexibility index (Phi) is 1.84. The largest absolute Gasteiger partial charge is 0.386 e. The highest BCUT2D eigenvalue weighted by molar-refractivity contribution is 6.02. The number of rotatable bonds is 1. The van der Waals surface area contributed by atoms with E-state index in [-0.39, 0.29) is 0 Å². The Morgan fingerprint density at radius 3 is 2.77 bits per heavy atom. The van der Waals surface area contributed by atoms with Crippen LogP contribution in [0.25, 0.3) is 0 Å². The van der Waals surface area contributed by atoms with E-state index in [0.29, 0.717) is 5.84 Å². The number of aryl methyl sites for hydroxylation is 1. The lowest BCUT2D eigenvalue weighted by molar-refractivity contribution is 0.887. The van der Waals surface area contributed by atoms with Crippen molar-refractivity contribution in [2.24, 2.45) is 23.0 Å². The maximum atomic E-state index is 5.51. The van der Waals surface area contributed by atoms with E-state index in [9.17, 15) is 0 Å². The van der Waals surface area contributed by atoms with Gasteiger partial charge in [0.2, 0.25) is 0 Å². The fourth-order valence-corrected chi connectivity index (χ4v) is 1.29. The van der Waals surface area contributed by atoms with Crippen LogP contribution in [-0.2, 0) is 7.05 Å². The number of hydrogen-bond donors (Lipinski definition) is 1. The zero-order valence-electron chi connectivity index (χ0n) is 7.44. The summed E-state index contributed by atoms with van der Waals surface area (Å²) in [6, 6.07) is 0. The van der Waals surface area contributed by atoms with Crippen LogP contribution in [0.4, 0.5) is 0 Å². The van der Waals surface area contributed by atoms with Crippen molar-refractivity contribution in [2.75, 3.05) is 0 Å². The minimum absolute atomic E-state index is 0.603. The first-order valence-corrected chi connectivity index (χ1v) is 4.13. The Morgan fingerprint density at radius 1 is 1.38 bits per heavy atom. The standard InChI is InChI=1S/C8H11N5/c1-13-5-10-4-7(13)6-2-3-8(9)12-11-6/h4-5H,2-3H2,1H3,(H2,9,12). The van der Waals surface area contributed by atoms with Crippen molar-refractivity contribution < 1.29 is 0 Å². The summed E-state index contributed by atoms with van der Waals surface area (Å²) >= 11 is 0. The van der Waals surface area contributed by atoms with Crippen molar-refractivity contribution in [1.29, 1.82) is 0 Å². The van der Waals surface area contributed by atoms with Crippen molar-refractivity contribution in [3.63, 3.8) is 0 Å². The molecule has 0 saturated heterocycles. The quantitative estimate of drug-likeness (QED) is 0.669. The van der Waals surface area contributed by atoms with Crippen LogP contribution < -0.4 is 5.73 Å².